The van der Waals surface area contributed by atoms with Crippen LogP contribution in [0.1, 0.15) is 69.8 Å². The second-order valence-electron chi connectivity index (χ2n) is 8.89. The molecule has 4 rings (SSSR count). The zero-order chi connectivity index (χ0) is 23.5. The highest BCUT2D eigenvalue weighted by Gasteiger charge is 2.40. The van der Waals surface area contributed by atoms with E-state index in [2.05, 4.69) is 5.32 Å². The van der Waals surface area contributed by atoms with E-state index in [1.54, 1.807) is 21.3 Å². The number of dihydropyridines is 1. The van der Waals surface area contributed by atoms with Gasteiger partial charge >= 0.3 is 5.97 Å². The number of ketones is 1. The molecule has 1 saturated carbocycles. The van der Waals surface area contributed by atoms with Gasteiger partial charge in [0.05, 0.1) is 26.9 Å². The van der Waals surface area contributed by atoms with Gasteiger partial charge in [-0.15, -0.1) is 0 Å². The normalized spacial score (nSPS) is 21.3. The minimum atomic E-state index is -0.557. The second kappa shape index (κ2) is 9.89. The lowest BCUT2D eigenvalue weighted by atomic mass is 9.75. The molecule has 1 atom stereocenters. The molecule has 7 heteroatoms. The third-order valence-electron chi connectivity index (χ3n) is 6.84. The topological polar surface area (TPSA) is 83.1 Å². The molecule has 0 bridgehead atoms. The maximum atomic E-state index is 13.5. The Hall–Kier alpha value is -2.96. The summed E-state index contributed by atoms with van der Waals surface area (Å²) in [6, 6.07) is 3.65. The van der Waals surface area contributed by atoms with Gasteiger partial charge in [-0.1, -0.05) is 6.42 Å². The van der Waals surface area contributed by atoms with Gasteiger partial charge in [0.25, 0.3) is 0 Å². The van der Waals surface area contributed by atoms with Crippen molar-refractivity contribution in [3.63, 3.8) is 0 Å². The number of esters is 1. The van der Waals surface area contributed by atoms with E-state index in [4.69, 9.17) is 18.9 Å². The van der Waals surface area contributed by atoms with E-state index in [-0.39, 0.29) is 17.9 Å². The predicted octanol–water partition coefficient (Wildman–Crippen LogP) is 4.56. The van der Waals surface area contributed by atoms with Gasteiger partial charge < -0.3 is 24.3 Å². The summed E-state index contributed by atoms with van der Waals surface area (Å²) in [5.41, 5.74) is 3.46. The molecule has 1 fully saturated rings. The fourth-order valence-electron chi connectivity index (χ4n) is 5.25. The molecular formula is C26H33NO6. The van der Waals surface area contributed by atoms with Gasteiger partial charge in [-0.25, -0.2) is 4.79 Å². The number of rotatable bonds is 6. The molecule has 3 aliphatic rings. The molecule has 1 N–H and O–H groups in total. The number of Topliss-reactive ketones (excluding diaryl/α,β-unsaturated/α-hetero) is 1. The van der Waals surface area contributed by atoms with Crippen molar-refractivity contribution in [1.82, 2.24) is 5.32 Å². The van der Waals surface area contributed by atoms with E-state index in [0.717, 1.165) is 55.5 Å². The van der Waals surface area contributed by atoms with Crippen LogP contribution in [0.2, 0.25) is 0 Å². The second-order valence-corrected chi connectivity index (χ2v) is 8.89. The molecule has 1 aromatic carbocycles. The number of ether oxygens (including phenoxy) is 4. The van der Waals surface area contributed by atoms with Gasteiger partial charge in [0.2, 0.25) is 5.75 Å². The van der Waals surface area contributed by atoms with Crippen LogP contribution in [0.3, 0.4) is 0 Å². The van der Waals surface area contributed by atoms with Crippen molar-refractivity contribution in [1.29, 1.82) is 0 Å². The van der Waals surface area contributed by atoms with E-state index in [1.165, 1.54) is 6.42 Å². The number of nitrogens with one attached hydrogen (secondary N) is 1. The SMILES string of the molecule is COc1cc(C2C(C(=O)OC3CCCCC3)=C(C)NC3=C2C(=O)CCC3)cc(OC)c1OC. The van der Waals surface area contributed by atoms with Crippen LogP contribution < -0.4 is 19.5 Å². The number of carbonyl (C=O) groups excluding carboxylic acids is 2. The molecule has 33 heavy (non-hydrogen) atoms. The molecular weight excluding hydrogens is 422 g/mol. The molecule has 0 radical (unpaired) electrons. The standard InChI is InChI=1S/C26H33NO6/c1-15-22(26(29)33-17-9-6-5-7-10-17)23(24-18(27-15)11-8-12-19(24)28)16-13-20(30-2)25(32-4)21(14-16)31-3/h13-14,17,23,27H,5-12H2,1-4H3. The summed E-state index contributed by atoms with van der Waals surface area (Å²) in [6.07, 6.45) is 7.02. The van der Waals surface area contributed by atoms with Crippen molar-refractivity contribution in [2.75, 3.05) is 21.3 Å². The number of allylic oxidation sites excluding steroid dienone is 3. The highest BCUT2D eigenvalue weighted by Crippen LogP contribution is 2.47. The molecule has 0 spiro atoms. The molecule has 0 amide bonds. The lowest BCUT2D eigenvalue weighted by Gasteiger charge is -2.35. The minimum Gasteiger partial charge on any atom is -0.493 e. The summed E-state index contributed by atoms with van der Waals surface area (Å²) >= 11 is 0. The number of hydrogen-bond acceptors (Lipinski definition) is 7. The van der Waals surface area contributed by atoms with Crippen molar-refractivity contribution in [2.45, 2.75) is 70.3 Å². The van der Waals surface area contributed by atoms with Gasteiger partial charge in [-0.2, -0.15) is 0 Å². The molecule has 1 unspecified atom stereocenters. The highest BCUT2D eigenvalue weighted by molar-refractivity contribution is 6.03. The Bertz CT molecular complexity index is 977. The number of hydrogen-bond donors (Lipinski definition) is 1. The van der Waals surface area contributed by atoms with Crippen LogP contribution in [0.4, 0.5) is 0 Å². The smallest absolute Gasteiger partial charge is 0.337 e. The van der Waals surface area contributed by atoms with Crippen molar-refractivity contribution in [3.8, 4) is 17.2 Å². The van der Waals surface area contributed by atoms with E-state index < -0.39 is 5.92 Å². The summed E-state index contributed by atoms with van der Waals surface area (Å²) in [5, 5.41) is 3.35. The summed E-state index contributed by atoms with van der Waals surface area (Å²) in [5.74, 6) is 0.558. The van der Waals surface area contributed by atoms with E-state index in [1.807, 2.05) is 19.1 Å². The van der Waals surface area contributed by atoms with Crippen molar-refractivity contribution < 1.29 is 28.5 Å². The summed E-state index contributed by atoms with van der Waals surface area (Å²) < 4.78 is 22.6. The van der Waals surface area contributed by atoms with Crippen molar-refractivity contribution in [2.24, 2.45) is 0 Å². The van der Waals surface area contributed by atoms with Crippen LogP contribution in [-0.4, -0.2) is 39.2 Å². The summed E-state index contributed by atoms with van der Waals surface area (Å²) in [4.78, 5) is 26.7. The van der Waals surface area contributed by atoms with E-state index in [9.17, 15) is 9.59 Å². The lowest BCUT2D eigenvalue weighted by molar-refractivity contribution is -0.146. The predicted molar refractivity (Wildman–Crippen MR) is 124 cm³/mol. The van der Waals surface area contributed by atoms with Gasteiger partial charge in [0, 0.05) is 29.3 Å². The Kier molecular flexibility index (Phi) is 6.96. The first kappa shape index (κ1) is 23.2. The highest BCUT2D eigenvalue weighted by atomic mass is 16.5. The Morgan fingerprint density at radius 1 is 0.939 bits per heavy atom. The number of methoxy groups -OCH3 is 3. The van der Waals surface area contributed by atoms with Crippen molar-refractivity contribution >= 4 is 11.8 Å². The molecule has 178 valence electrons. The monoisotopic (exact) mass is 455 g/mol. The molecule has 1 aliphatic heterocycles. The Morgan fingerprint density at radius 2 is 1.61 bits per heavy atom. The Morgan fingerprint density at radius 3 is 2.21 bits per heavy atom. The molecule has 0 saturated heterocycles. The molecule has 7 nitrogen and oxygen atoms in total. The fourth-order valence-corrected chi connectivity index (χ4v) is 5.25. The van der Waals surface area contributed by atoms with Crippen LogP contribution in [-0.2, 0) is 14.3 Å². The third-order valence-corrected chi connectivity index (χ3v) is 6.84. The van der Waals surface area contributed by atoms with Gasteiger partial charge in [0.1, 0.15) is 6.10 Å². The Labute approximate surface area is 195 Å². The molecule has 2 aliphatic carbocycles. The van der Waals surface area contributed by atoms with E-state index in [0.29, 0.717) is 34.8 Å². The average Bonchev–Trinajstić information content (AvgIpc) is 2.82. The number of benzene rings is 1. The number of carbonyl (C=O) groups is 2. The van der Waals surface area contributed by atoms with Crippen LogP contribution in [0, 0.1) is 0 Å². The van der Waals surface area contributed by atoms with Gasteiger partial charge in [-0.05, 0) is 63.1 Å². The first-order valence-electron chi connectivity index (χ1n) is 11.7. The zero-order valence-electron chi connectivity index (χ0n) is 19.9. The summed E-state index contributed by atoms with van der Waals surface area (Å²) in [7, 11) is 4.66. The molecule has 0 aromatic heterocycles. The zero-order valence-corrected chi connectivity index (χ0v) is 19.9. The lowest BCUT2D eigenvalue weighted by Crippen LogP contribution is -2.35. The largest absolute Gasteiger partial charge is 0.493 e. The fraction of sp³-hybridized carbons (Fsp3) is 0.538. The van der Waals surface area contributed by atoms with Crippen LogP contribution in [0.25, 0.3) is 0 Å². The van der Waals surface area contributed by atoms with Gasteiger partial charge in [0.15, 0.2) is 17.3 Å². The first-order valence-corrected chi connectivity index (χ1v) is 11.7. The average molecular weight is 456 g/mol. The third kappa shape index (κ3) is 4.45. The maximum absolute atomic E-state index is 13.5. The molecule has 1 aromatic rings. The first-order chi connectivity index (χ1) is 16.0. The Balaban J connectivity index is 1.82. The maximum Gasteiger partial charge on any atom is 0.337 e. The van der Waals surface area contributed by atoms with E-state index >= 15 is 0 Å². The quantitative estimate of drug-likeness (QED) is 0.630. The van der Waals surface area contributed by atoms with Crippen LogP contribution in [0.15, 0.2) is 34.7 Å². The van der Waals surface area contributed by atoms with Crippen LogP contribution in [0.5, 0.6) is 17.2 Å². The minimum absolute atomic E-state index is 0.0537. The molecule has 1 heterocycles. The van der Waals surface area contributed by atoms with Crippen LogP contribution >= 0.6 is 0 Å². The van der Waals surface area contributed by atoms with Crippen molar-refractivity contribution in [3.05, 3.63) is 40.2 Å². The summed E-state index contributed by atoms with van der Waals surface area (Å²) in [6.45, 7) is 1.88. The van der Waals surface area contributed by atoms with Gasteiger partial charge in [-0.3, -0.25) is 4.79 Å².